The second-order valence-electron chi connectivity index (χ2n) is 3.24. The Morgan fingerprint density at radius 3 is 2.75 bits per heavy atom. The Hall–Kier alpha value is -1.50. The average molecular weight is 220 g/mol. The van der Waals surface area contributed by atoms with Crippen molar-refractivity contribution in [3.63, 3.8) is 0 Å². The normalized spacial score (nSPS) is 9.44. The molecule has 0 aliphatic heterocycles. The van der Waals surface area contributed by atoms with E-state index in [1.165, 1.54) is 0 Å². The minimum atomic E-state index is 0.0914. The van der Waals surface area contributed by atoms with Crippen LogP contribution in [0.25, 0.3) is 0 Å². The average Bonchev–Trinajstić information content (AvgIpc) is 2.30. The van der Waals surface area contributed by atoms with Gasteiger partial charge in [0.1, 0.15) is 5.75 Å². The third-order valence-electron chi connectivity index (χ3n) is 2.05. The van der Waals surface area contributed by atoms with Crippen LogP contribution in [-0.4, -0.2) is 25.9 Å². The zero-order valence-corrected chi connectivity index (χ0v) is 9.62. The summed E-state index contributed by atoms with van der Waals surface area (Å²) in [7, 11) is 3.27. The van der Waals surface area contributed by atoms with Crippen molar-refractivity contribution in [3.05, 3.63) is 29.3 Å². The molecule has 0 aliphatic carbocycles. The van der Waals surface area contributed by atoms with Gasteiger partial charge in [-0.05, 0) is 18.2 Å². The second kappa shape index (κ2) is 6.89. The third-order valence-corrected chi connectivity index (χ3v) is 2.05. The minimum Gasteiger partial charge on any atom is -0.496 e. The SMILES string of the molecule is COCc1cc(C#CCCO)ccc1OC. The lowest BCUT2D eigenvalue weighted by atomic mass is 10.1. The first-order valence-electron chi connectivity index (χ1n) is 5.07. The molecule has 0 aromatic heterocycles. The van der Waals surface area contributed by atoms with E-state index in [4.69, 9.17) is 14.6 Å². The lowest BCUT2D eigenvalue weighted by Crippen LogP contribution is -1.94. The van der Waals surface area contributed by atoms with E-state index in [0.717, 1.165) is 16.9 Å². The van der Waals surface area contributed by atoms with Gasteiger partial charge in [-0.2, -0.15) is 0 Å². The van der Waals surface area contributed by atoms with Gasteiger partial charge in [0.2, 0.25) is 0 Å². The number of methoxy groups -OCH3 is 2. The number of benzene rings is 1. The lowest BCUT2D eigenvalue weighted by molar-refractivity contribution is 0.181. The van der Waals surface area contributed by atoms with Crippen LogP contribution in [0.5, 0.6) is 5.75 Å². The third kappa shape index (κ3) is 3.58. The van der Waals surface area contributed by atoms with Gasteiger partial charge in [0, 0.05) is 24.7 Å². The standard InChI is InChI=1S/C13H16O3/c1-15-10-12-9-11(5-3-4-8-14)6-7-13(12)16-2/h6-7,9,14H,4,8,10H2,1-2H3. The maximum atomic E-state index is 8.62. The van der Waals surface area contributed by atoms with Gasteiger partial charge in [-0.1, -0.05) is 11.8 Å². The lowest BCUT2D eigenvalue weighted by Gasteiger charge is -2.07. The molecule has 0 radical (unpaired) electrons. The molecule has 0 amide bonds. The van der Waals surface area contributed by atoms with Crippen LogP contribution in [0.3, 0.4) is 0 Å². The molecule has 1 rings (SSSR count). The van der Waals surface area contributed by atoms with Crippen molar-refractivity contribution in [1.82, 2.24) is 0 Å². The van der Waals surface area contributed by atoms with Crippen molar-refractivity contribution < 1.29 is 14.6 Å². The van der Waals surface area contributed by atoms with Crippen molar-refractivity contribution in [3.8, 4) is 17.6 Å². The molecule has 0 heterocycles. The molecule has 16 heavy (non-hydrogen) atoms. The highest BCUT2D eigenvalue weighted by molar-refractivity contribution is 5.43. The Labute approximate surface area is 96.0 Å². The van der Waals surface area contributed by atoms with E-state index in [-0.39, 0.29) is 6.61 Å². The number of aliphatic hydroxyl groups excluding tert-OH is 1. The first-order valence-corrected chi connectivity index (χ1v) is 5.07. The Bertz CT molecular complexity index is 388. The summed E-state index contributed by atoms with van der Waals surface area (Å²) in [5.74, 6) is 6.65. The highest BCUT2D eigenvalue weighted by atomic mass is 16.5. The molecule has 1 aromatic carbocycles. The summed E-state index contributed by atoms with van der Waals surface area (Å²) in [5, 5.41) is 8.62. The predicted octanol–water partition coefficient (Wildman–Crippen LogP) is 1.58. The molecule has 1 aromatic rings. The molecule has 0 spiro atoms. The molecule has 0 saturated heterocycles. The minimum absolute atomic E-state index is 0.0914. The van der Waals surface area contributed by atoms with Crippen molar-refractivity contribution in [2.75, 3.05) is 20.8 Å². The zero-order chi connectivity index (χ0) is 11.8. The van der Waals surface area contributed by atoms with E-state index in [1.54, 1.807) is 14.2 Å². The van der Waals surface area contributed by atoms with Gasteiger partial charge < -0.3 is 14.6 Å². The molecule has 0 saturated carbocycles. The van der Waals surface area contributed by atoms with Gasteiger partial charge >= 0.3 is 0 Å². The van der Waals surface area contributed by atoms with Crippen LogP contribution in [0, 0.1) is 11.8 Å². The van der Waals surface area contributed by atoms with Crippen LogP contribution in [0.15, 0.2) is 18.2 Å². The van der Waals surface area contributed by atoms with E-state index in [9.17, 15) is 0 Å². The molecule has 0 atom stereocenters. The van der Waals surface area contributed by atoms with Crippen LogP contribution < -0.4 is 4.74 Å². The van der Waals surface area contributed by atoms with E-state index < -0.39 is 0 Å². The summed E-state index contributed by atoms with van der Waals surface area (Å²) in [6.07, 6.45) is 0.492. The monoisotopic (exact) mass is 220 g/mol. The molecule has 0 bridgehead atoms. The smallest absolute Gasteiger partial charge is 0.124 e. The Kier molecular flexibility index (Phi) is 5.41. The first kappa shape index (κ1) is 12.6. The molecule has 0 aliphatic rings. The summed E-state index contributed by atoms with van der Waals surface area (Å²) in [5.41, 5.74) is 1.88. The molecule has 3 nitrogen and oxygen atoms in total. The molecule has 1 N–H and O–H groups in total. The van der Waals surface area contributed by atoms with E-state index in [0.29, 0.717) is 13.0 Å². The van der Waals surface area contributed by atoms with E-state index >= 15 is 0 Å². The highest BCUT2D eigenvalue weighted by Gasteiger charge is 2.02. The van der Waals surface area contributed by atoms with Crippen molar-refractivity contribution in [2.24, 2.45) is 0 Å². The Morgan fingerprint density at radius 2 is 2.12 bits per heavy atom. The van der Waals surface area contributed by atoms with Gasteiger partial charge in [-0.25, -0.2) is 0 Å². The summed E-state index contributed by atoms with van der Waals surface area (Å²) in [6.45, 7) is 0.590. The summed E-state index contributed by atoms with van der Waals surface area (Å²) in [4.78, 5) is 0. The zero-order valence-electron chi connectivity index (χ0n) is 9.62. The first-order chi connectivity index (χ1) is 7.81. The van der Waals surface area contributed by atoms with Crippen LogP contribution in [0.4, 0.5) is 0 Å². The number of hydrogen-bond donors (Lipinski definition) is 1. The van der Waals surface area contributed by atoms with Gasteiger partial charge in [0.25, 0.3) is 0 Å². The number of ether oxygens (including phenoxy) is 2. The van der Waals surface area contributed by atoms with Gasteiger partial charge in [0.05, 0.1) is 20.3 Å². The molecular weight excluding hydrogens is 204 g/mol. The molecule has 0 fully saturated rings. The summed E-state index contributed by atoms with van der Waals surface area (Å²) in [6, 6.07) is 5.70. The van der Waals surface area contributed by atoms with Crippen molar-refractivity contribution in [2.45, 2.75) is 13.0 Å². The molecule has 86 valence electrons. The number of aliphatic hydroxyl groups is 1. The van der Waals surface area contributed by atoms with E-state index in [1.807, 2.05) is 18.2 Å². The van der Waals surface area contributed by atoms with E-state index in [2.05, 4.69) is 11.8 Å². The quantitative estimate of drug-likeness (QED) is 0.783. The fourth-order valence-corrected chi connectivity index (χ4v) is 1.35. The maximum absolute atomic E-state index is 8.62. The molecule has 0 unspecified atom stereocenters. The molecular formula is C13H16O3. The van der Waals surface area contributed by atoms with Gasteiger partial charge in [-0.3, -0.25) is 0 Å². The van der Waals surface area contributed by atoms with Crippen LogP contribution in [0.1, 0.15) is 17.5 Å². The fourth-order valence-electron chi connectivity index (χ4n) is 1.35. The highest BCUT2D eigenvalue weighted by Crippen LogP contribution is 2.20. The van der Waals surface area contributed by atoms with Crippen LogP contribution in [-0.2, 0) is 11.3 Å². The Balaban J connectivity index is 2.89. The Morgan fingerprint density at radius 1 is 1.31 bits per heavy atom. The number of rotatable bonds is 4. The number of hydrogen-bond acceptors (Lipinski definition) is 3. The topological polar surface area (TPSA) is 38.7 Å². The predicted molar refractivity (Wildman–Crippen MR) is 62.3 cm³/mol. The largest absolute Gasteiger partial charge is 0.496 e. The molecule has 3 heteroatoms. The maximum Gasteiger partial charge on any atom is 0.124 e. The van der Waals surface area contributed by atoms with Crippen molar-refractivity contribution in [1.29, 1.82) is 0 Å². The second-order valence-corrected chi connectivity index (χ2v) is 3.24. The summed E-state index contributed by atoms with van der Waals surface area (Å²) < 4.78 is 10.3. The van der Waals surface area contributed by atoms with Crippen LogP contribution >= 0.6 is 0 Å². The summed E-state index contributed by atoms with van der Waals surface area (Å²) >= 11 is 0. The van der Waals surface area contributed by atoms with Crippen molar-refractivity contribution >= 4 is 0 Å². The van der Waals surface area contributed by atoms with Gasteiger partial charge in [0.15, 0.2) is 0 Å². The van der Waals surface area contributed by atoms with Gasteiger partial charge in [-0.15, -0.1) is 0 Å². The van der Waals surface area contributed by atoms with Crippen LogP contribution in [0.2, 0.25) is 0 Å². The fraction of sp³-hybridized carbons (Fsp3) is 0.385.